The highest BCUT2D eigenvalue weighted by Gasteiger charge is 2.71. The van der Waals surface area contributed by atoms with Crippen molar-refractivity contribution in [3.8, 4) is 0 Å². The van der Waals surface area contributed by atoms with Crippen molar-refractivity contribution in [1.82, 2.24) is 0 Å². The Balaban J connectivity index is 1.55. The first-order valence-electron chi connectivity index (χ1n) is 17.3. The molecular formula is C37H63NO5. The molecule has 3 saturated carbocycles. The van der Waals surface area contributed by atoms with E-state index in [-0.39, 0.29) is 45.2 Å². The molecule has 0 unspecified atom stereocenters. The van der Waals surface area contributed by atoms with Crippen LogP contribution < -0.4 is 5.73 Å². The number of carbonyl (C=O) groups is 1. The van der Waals surface area contributed by atoms with Crippen LogP contribution in [-0.4, -0.2) is 55.8 Å². The fourth-order valence-electron chi connectivity index (χ4n) is 11.5. The molecular weight excluding hydrogens is 538 g/mol. The second-order valence-corrected chi connectivity index (χ2v) is 17.7. The van der Waals surface area contributed by atoms with E-state index < -0.39 is 11.5 Å². The van der Waals surface area contributed by atoms with Gasteiger partial charge in [0.1, 0.15) is 0 Å². The summed E-state index contributed by atoms with van der Waals surface area (Å²) >= 11 is 0. The zero-order valence-electron chi connectivity index (χ0n) is 29.2. The molecule has 2 bridgehead atoms. The summed E-state index contributed by atoms with van der Waals surface area (Å²) in [7, 11) is 1.84. The van der Waals surface area contributed by atoms with Gasteiger partial charge in [-0.05, 0) is 91.3 Å². The monoisotopic (exact) mass is 601 g/mol. The number of ether oxygens (including phenoxy) is 3. The van der Waals surface area contributed by atoms with E-state index in [1.807, 2.05) is 7.11 Å². The van der Waals surface area contributed by atoms with Gasteiger partial charge in [0.15, 0.2) is 0 Å². The van der Waals surface area contributed by atoms with Gasteiger partial charge in [0.25, 0.3) is 0 Å². The van der Waals surface area contributed by atoms with Crippen molar-refractivity contribution < 1.29 is 24.1 Å². The topological polar surface area (TPSA) is 91.0 Å². The first-order valence-corrected chi connectivity index (χ1v) is 17.3. The second kappa shape index (κ2) is 10.8. The van der Waals surface area contributed by atoms with Crippen LogP contribution in [0.2, 0.25) is 0 Å². The van der Waals surface area contributed by atoms with Crippen molar-refractivity contribution in [3.63, 3.8) is 0 Å². The maximum absolute atomic E-state index is 13.3. The van der Waals surface area contributed by atoms with Crippen LogP contribution in [0, 0.1) is 62.6 Å². The first-order chi connectivity index (χ1) is 19.9. The largest absolute Gasteiger partial charge is 0.481 e. The molecule has 6 heteroatoms. The molecule has 4 aliphatic carbocycles. The zero-order chi connectivity index (χ0) is 32.0. The van der Waals surface area contributed by atoms with Gasteiger partial charge in [-0.3, -0.25) is 4.79 Å². The van der Waals surface area contributed by atoms with Crippen molar-refractivity contribution in [2.75, 3.05) is 26.9 Å². The number of nitrogens with two attached hydrogens (primary N) is 1. The van der Waals surface area contributed by atoms with Crippen molar-refractivity contribution in [3.05, 3.63) is 11.6 Å². The molecule has 0 aromatic heterocycles. The number of hydrogen-bond donors (Lipinski definition) is 2. The Morgan fingerprint density at radius 2 is 1.77 bits per heavy atom. The van der Waals surface area contributed by atoms with Crippen LogP contribution in [0.3, 0.4) is 0 Å². The van der Waals surface area contributed by atoms with Gasteiger partial charge in [0.05, 0.1) is 37.9 Å². The number of rotatable bonds is 8. The van der Waals surface area contributed by atoms with Crippen LogP contribution in [0.4, 0.5) is 0 Å². The fraction of sp³-hybridized carbons (Fsp3) is 0.919. The molecule has 12 atom stereocenters. The summed E-state index contributed by atoms with van der Waals surface area (Å²) in [6, 6.07) is 0. The molecule has 43 heavy (non-hydrogen) atoms. The highest BCUT2D eigenvalue weighted by atomic mass is 16.5. The molecule has 0 radical (unpaired) electrons. The average molecular weight is 602 g/mol. The third-order valence-electron chi connectivity index (χ3n) is 15.3. The van der Waals surface area contributed by atoms with E-state index >= 15 is 0 Å². The summed E-state index contributed by atoms with van der Waals surface area (Å²) in [6.45, 7) is 24.5. The lowest BCUT2D eigenvalue weighted by molar-refractivity contribution is -0.269. The van der Waals surface area contributed by atoms with Crippen molar-refractivity contribution >= 4 is 5.97 Å². The highest BCUT2D eigenvalue weighted by molar-refractivity contribution is 5.73. The van der Waals surface area contributed by atoms with Crippen molar-refractivity contribution in [2.24, 2.45) is 68.3 Å². The normalized spacial score (nSPS) is 48.0. The maximum atomic E-state index is 13.3. The predicted molar refractivity (Wildman–Crippen MR) is 172 cm³/mol. The fourth-order valence-corrected chi connectivity index (χ4v) is 11.5. The molecule has 3 N–H and O–H groups in total. The van der Waals surface area contributed by atoms with Crippen molar-refractivity contribution in [1.29, 1.82) is 0 Å². The Hall–Kier alpha value is -0.950. The molecule has 1 saturated heterocycles. The van der Waals surface area contributed by atoms with Gasteiger partial charge in [0.2, 0.25) is 0 Å². The number of fused-ring (bicyclic) bond motifs is 3. The second-order valence-electron chi connectivity index (χ2n) is 17.7. The number of carboxylic acid groups (broad SMARTS) is 1. The highest BCUT2D eigenvalue weighted by Crippen LogP contribution is 2.75. The Kier molecular flexibility index (Phi) is 8.40. The lowest BCUT2D eigenvalue weighted by atomic mass is 9.34. The van der Waals surface area contributed by atoms with E-state index in [1.54, 1.807) is 5.57 Å². The van der Waals surface area contributed by atoms with E-state index in [4.69, 9.17) is 19.9 Å². The number of hydrogen-bond acceptors (Lipinski definition) is 5. The Labute approximate surface area is 262 Å². The molecule has 1 heterocycles. The van der Waals surface area contributed by atoms with Crippen LogP contribution in [0.15, 0.2) is 11.6 Å². The van der Waals surface area contributed by atoms with E-state index in [9.17, 15) is 9.90 Å². The minimum absolute atomic E-state index is 0.0396. The predicted octanol–water partition coefficient (Wildman–Crippen LogP) is 7.35. The third kappa shape index (κ3) is 4.57. The number of carboxylic acids is 1. The average Bonchev–Trinajstić information content (AvgIpc) is 2.91. The molecule has 246 valence electrons. The van der Waals surface area contributed by atoms with E-state index in [0.29, 0.717) is 42.8 Å². The summed E-state index contributed by atoms with van der Waals surface area (Å²) < 4.78 is 19.7. The van der Waals surface area contributed by atoms with Gasteiger partial charge in [0, 0.05) is 23.5 Å². The van der Waals surface area contributed by atoms with E-state index in [2.05, 4.69) is 75.3 Å². The molecule has 0 aromatic carbocycles. The molecule has 1 aliphatic heterocycles. The molecule has 5 rings (SSSR count). The van der Waals surface area contributed by atoms with Gasteiger partial charge >= 0.3 is 5.97 Å². The Bertz CT molecular complexity index is 1120. The number of methoxy groups -OCH3 is 1. The molecule has 0 spiro atoms. The summed E-state index contributed by atoms with van der Waals surface area (Å²) in [6.07, 6.45) is 8.36. The van der Waals surface area contributed by atoms with Crippen LogP contribution in [0.5, 0.6) is 0 Å². The smallest absolute Gasteiger partial charge is 0.307 e. The summed E-state index contributed by atoms with van der Waals surface area (Å²) in [5.41, 5.74) is 6.91. The zero-order valence-corrected chi connectivity index (χ0v) is 29.2. The molecule has 0 aromatic rings. The summed E-state index contributed by atoms with van der Waals surface area (Å²) in [5, 5.41) is 10.9. The molecule has 5 aliphatic rings. The van der Waals surface area contributed by atoms with Crippen LogP contribution in [0.25, 0.3) is 0 Å². The number of aliphatic carboxylic acids is 1. The van der Waals surface area contributed by atoms with Gasteiger partial charge in [-0.25, -0.2) is 0 Å². The van der Waals surface area contributed by atoms with Gasteiger partial charge < -0.3 is 25.1 Å². The SMILES string of the molecule is CO[C@@H]1C[C@@]23COC[C@](C)([C@@H]2CC[C@H]2C3=CC[C@@]3(C)[C@H](C(=O)O)[C@@](C)([C@H](C)C(C)C)CC[C@]23C)[C@H]1OC[C@](C)(N)C(C)C. The maximum Gasteiger partial charge on any atom is 0.307 e. The minimum atomic E-state index is -0.605. The van der Waals surface area contributed by atoms with Gasteiger partial charge in [-0.2, -0.15) is 0 Å². The number of allylic oxidation sites excluding steroid dienone is 1. The third-order valence-corrected chi connectivity index (χ3v) is 15.3. The lowest BCUT2D eigenvalue weighted by Crippen LogP contribution is -2.70. The first kappa shape index (κ1) is 33.4. The quantitative estimate of drug-likeness (QED) is 0.283. The van der Waals surface area contributed by atoms with Gasteiger partial charge in [-0.15, -0.1) is 0 Å². The van der Waals surface area contributed by atoms with E-state index in [1.165, 1.54) is 0 Å². The summed E-state index contributed by atoms with van der Waals surface area (Å²) in [4.78, 5) is 13.3. The Morgan fingerprint density at radius 1 is 1.09 bits per heavy atom. The lowest BCUT2D eigenvalue weighted by Gasteiger charge is -2.71. The minimum Gasteiger partial charge on any atom is -0.481 e. The van der Waals surface area contributed by atoms with Crippen LogP contribution >= 0.6 is 0 Å². The molecule has 6 nitrogen and oxygen atoms in total. The van der Waals surface area contributed by atoms with Crippen LogP contribution in [-0.2, 0) is 19.0 Å². The summed E-state index contributed by atoms with van der Waals surface area (Å²) in [5.74, 6) is 0.907. The van der Waals surface area contributed by atoms with Crippen LogP contribution in [0.1, 0.15) is 108 Å². The van der Waals surface area contributed by atoms with Gasteiger partial charge in [-0.1, -0.05) is 74.0 Å². The van der Waals surface area contributed by atoms with Crippen molar-refractivity contribution in [2.45, 2.75) is 126 Å². The van der Waals surface area contributed by atoms with E-state index in [0.717, 1.165) is 45.1 Å². The standard InChI is InChI=1S/C37H63NO5/c1-22(2)24(5)32(6)16-17-34(8)25-12-13-28-33(7)19-42-21-37(28,26(25)14-15-35(34,9)29(32)31(39)40)18-27(41-11)30(33)43-20-36(10,38)23(3)4/h14,22-25,27-30H,12-13,15-21,38H2,1-11H3,(H,39,40)/t24-,25+,27-,28+,29-,30+,32-,33-,34-,35+,36+,37+/m1/s1. The Morgan fingerprint density at radius 3 is 2.35 bits per heavy atom. The molecule has 0 amide bonds. The molecule has 4 fully saturated rings.